The molecule has 1 aliphatic rings. The third-order valence-corrected chi connectivity index (χ3v) is 4.12. The van der Waals surface area contributed by atoms with Gasteiger partial charge in [-0.3, -0.25) is 4.79 Å². The zero-order chi connectivity index (χ0) is 15.3. The van der Waals surface area contributed by atoms with Gasteiger partial charge < -0.3 is 20.3 Å². The summed E-state index contributed by atoms with van der Waals surface area (Å²) in [6.45, 7) is 3.01. The van der Waals surface area contributed by atoms with Gasteiger partial charge in [0.15, 0.2) is 0 Å². The maximum absolute atomic E-state index is 11.3. The van der Waals surface area contributed by atoms with Gasteiger partial charge in [0, 0.05) is 6.07 Å². The third kappa shape index (κ3) is 3.67. The fourth-order valence-corrected chi connectivity index (χ4v) is 2.93. The molecule has 0 amide bonds. The highest BCUT2D eigenvalue weighted by Gasteiger charge is 2.45. The number of benzene rings is 1. The minimum atomic E-state index is -1.09. The van der Waals surface area contributed by atoms with Gasteiger partial charge in [0.1, 0.15) is 17.0 Å². The van der Waals surface area contributed by atoms with Crippen LogP contribution in [-0.4, -0.2) is 29.8 Å². The number of aliphatic carboxylic acids is 1. The van der Waals surface area contributed by atoms with E-state index >= 15 is 0 Å². The van der Waals surface area contributed by atoms with Crippen LogP contribution in [0.5, 0.6) is 11.5 Å². The molecule has 1 aliphatic carbocycles. The summed E-state index contributed by atoms with van der Waals surface area (Å²) in [5, 5.41) is 9.27. The van der Waals surface area contributed by atoms with Crippen molar-refractivity contribution >= 4 is 5.97 Å². The molecule has 2 unspecified atom stereocenters. The van der Waals surface area contributed by atoms with E-state index in [9.17, 15) is 9.90 Å². The number of rotatable bonds is 7. The average Bonchev–Trinajstić information content (AvgIpc) is 2.83. The van der Waals surface area contributed by atoms with Crippen molar-refractivity contribution in [3.63, 3.8) is 0 Å². The molecule has 5 heteroatoms. The molecule has 0 saturated heterocycles. The predicted octanol–water partition coefficient (Wildman–Crippen LogP) is 2.44. The van der Waals surface area contributed by atoms with Crippen LogP contribution in [0.3, 0.4) is 0 Å². The molecule has 0 radical (unpaired) electrons. The zero-order valence-corrected chi connectivity index (χ0v) is 12.4. The highest BCUT2D eigenvalue weighted by Crippen LogP contribution is 2.36. The molecule has 1 aromatic carbocycles. The van der Waals surface area contributed by atoms with Gasteiger partial charge in [0.05, 0.1) is 13.2 Å². The first-order valence-electron chi connectivity index (χ1n) is 7.44. The van der Waals surface area contributed by atoms with E-state index < -0.39 is 11.5 Å². The Labute approximate surface area is 125 Å². The molecular formula is C16H23NO4. The Kier molecular flexibility index (Phi) is 5.07. The summed E-state index contributed by atoms with van der Waals surface area (Å²) in [6.07, 6.45) is 2.92. The third-order valence-electron chi connectivity index (χ3n) is 4.12. The molecule has 1 saturated carbocycles. The van der Waals surface area contributed by atoms with Gasteiger partial charge in [0.25, 0.3) is 0 Å². The molecule has 3 N–H and O–H groups in total. The van der Waals surface area contributed by atoms with Crippen LogP contribution in [0.1, 0.15) is 32.6 Å². The Hall–Kier alpha value is -1.75. The smallest absolute Gasteiger partial charge is 0.323 e. The zero-order valence-electron chi connectivity index (χ0n) is 12.4. The first-order chi connectivity index (χ1) is 10.1. The van der Waals surface area contributed by atoms with Crippen molar-refractivity contribution in [2.24, 2.45) is 11.7 Å². The first kappa shape index (κ1) is 15.6. The number of carboxylic acids is 1. The molecule has 0 bridgehead atoms. The molecule has 0 spiro atoms. The van der Waals surface area contributed by atoms with E-state index in [4.69, 9.17) is 15.2 Å². The van der Waals surface area contributed by atoms with Crippen molar-refractivity contribution in [2.45, 2.75) is 38.1 Å². The minimum absolute atomic E-state index is 0.0231. The van der Waals surface area contributed by atoms with Gasteiger partial charge in [-0.25, -0.2) is 0 Å². The summed E-state index contributed by atoms with van der Waals surface area (Å²) in [5.74, 6) is 0.583. The quantitative estimate of drug-likeness (QED) is 0.807. The molecule has 1 fully saturated rings. The van der Waals surface area contributed by atoms with Crippen LogP contribution in [0, 0.1) is 5.92 Å². The second-order valence-corrected chi connectivity index (χ2v) is 5.48. The topological polar surface area (TPSA) is 81.8 Å². The fourth-order valence-electron chi connectivity index (χ4n) is 2.93. The van der Waals surface area contributed by atoms with Gasteiger partial charge in [-0.2, -0.15) is 0 Å². The Morgan fingerprint density at radius 2 is 2.14 bits per heavy atom. The minimum Gasteiger partial charge on any atom is -0.494 e. The summed E-state index contributed by atoms with van der Waals surface area (Å²) in [6, 6.07) is 7.46. The van der Waals surface area contributed by atoms with E-state index in [1.807, 2.05) is 31.2 Å². The Morgan fingerprint density at radius 1 is 1.43 bits per heavy atom. The van der Waals surface area contributed by atoms with Crippen molar-refractivity contribution in [2.75, 3.05) is 13.2 Å². The molecule has 116 valence electrons. The van der Waals surface area contributed by atoms with Gasteiger partial charge in [-0.1, -0.05) is 12.5 Å². The highest BCUT2D eigenvalue weighted by molar-refractivity contribution is 5.79. The second kappa shape index (κ2) is 6.80. The number of nitrogens with two attached hydrogens (primary N) is 1. The molecule has 0 aromatic heterocycles. The monoisotopic (exact) mass is 293 g/mol. The Morgan fingerprint density at radius 3 is 2.81 bits per heavy atom. The summed E-state index contributed by atoms with van der Waals surface area (Å²) in [7, 11) is 0. The van der Waals surface area contributed by atoms with Crippen LogP contribution >= 0.6 is 0 Å². The van der Waals surface area contributed by atoms with E-state index in [-0.39, 0.29) is 5.92 Å². The largest absolute Gasteiger partial charge is 0.494 e. The van der Waals surface area contributed by atoms with E-state index in [0.717, 1.165) is 24.3 Å². The maximum atomic E-state index is 11.3. The van der Waals surface area contributed by atoms with E-state index in [0.29, 0.717) is 26.1 Å². The van der Waals surface area contributed by atoms with Crippen molar-refractivity contribution < 1.29 is 19.4 Å². The van der Waals surface area contributed by atoms with Crippen LogP contribution in [0.2, 0.25) is 0 Å². The summed E-state index contributed by atoms with van der Waals surface area (Å²) >= 11 is 0. The maximum Gasteiger partial charge on any atom is 0.323 e. The number of carbonyl (C=O) groups is 1. The molecule has 2 rings (SSSR count). The highest BCUT2D eigenvalue weighted by atomic mass is 16.5. The van der Waals surface area contributed by atoms with Crippen molar-refractivity contribution in [1.82, 2.24) is 0 Å². The van der Waals surface area contributed by atoms with Gasteiger partial charge in [-0.15, -0.1) is 0 Å². The van der Waals surface area contributed by atoms with Crippen LogP contribution in [-0.2, 0) is 4.79 Å². The van der Waals surface area contributed by atoms with Crippen molar-refractivity contribution in [3.05, 3.63) is 24.3 Å². The number of hydrogen-bond acceptors (Lipinski definition) is 4. The molecular weight excluding hydrogens is 270 g/mol. The van der Waals surface area contributed by atoms with Gasteiger partial charge in [0.2, 0.25) is 0 Å². The summed E-state index contributed by atoms with van der Waals surface area (Å²) < 4.78 is 11.1. The Bertz CT molecular complexity index is 491. The average molecular weight is 293 g/mol. The number of hydrogen-bond donors (Lipinski definition) is 2. The van der Waals surface area contributed by atoms with Gasteiger partial charge in [-0.05, 0) is 44.2 Å². The molecule has 1 aromatic rings. The first-order valence-corrected chi connectivity index (χ1v) is 7.44. The normalized spacial score (nSPS) is 24.8. The fraction of sp³-hybridized carbons (Fsp3) is 0.562. The Balaban J connectivity index is 1.87. The van der Waals surface area contributed by atoms with Crippen molar-refractivity contribution in [3.8, 4) is 11.5 Å². The van der Waals surface area contributed by atoms with Crippen LogP contribution in [0.25, 0.3) is 0 Å². The standard InChI is InChI=1S/C16H23NO4/c1-2-20-13-6-3-7-14(11-13)21-10-8-12-5-4-9-16(12,17)15(18)19/h3,6-7,11-12H,2,4-5,8-10,17H2,1H3,(H,18,19). The number of carboxylic acid groups (broad SMARTS) is 1. The van der Waals surface area contributed by atoms with E-state index in [2.05, 4.69) is 0 Å². The number of ether oxygens (including phenoxy) is 2. The lowest BCUT2D eigenvalue weighted by molar-refractivity contribution is -0.144. The lowest BCUT2D eigenvalue weighted by Crippen LogP contribution is -2.51. The lowest BCUT2D eigenvalue weighted by Gasteiger charge is -2.26. The SMILES string of the molecule is CCOc1cccc(OCCC2CCCC2(N)C(=O)O)c1. The lowest BCUT2D eigenvalue weighted by atomic mass is 9.86. The van der Waals surface area contributed by atoms with Crippen LogP contribution < -0.4 is 15.2 Å². The molecule has 0 aliphatic heterocycles. The van der Waals surface area contributed by atoms with E-state index in [1.165, 1.54) is 0 Å². The van der Waals surface area contributed by atoms with E-state index in [1.54, 1.807) is 0 Å². The van der Waals surface area contributed by atoms with Crippen LogP contribution in [0.4, 0.5) is 0 Å². The molecule has 5 nitrogen and oxygen atoms in total. The molecule has 21 heavy (non-hydrogen) atoms. The summed E-state index contributed by atoms with van der Waals surface area (Å²) in [4.78, 5) is 11.3. The molecule has 0 heterocycles. The van der Waals surface area contributed by atoms with Crippen molar-refractivity contribution in [1.29, 1.82) is 0 Å². The van der Waals surface area contributed by atoms with Gasteiger partial charge >= 0.3 is 5.97 Å². The predicted molar refractivity (Wildman–Crippen MR) is 79.6 cm³/mol. The summed E-state index contributed by atoms with van der Waals surface area (Å²) in [5.41, 5.74) is 4.93. The van der Waals surface area contributed by atoms with Crippen LogP contribution in [0.15, 0.2) is 24.3 Å². The second-order valence-electron chi connectivity index (χ2n) is 5.48. The molecule has 2 atom stereocenters.